The van der Waals surface area contributed by atoms with Crippen LogP contribution in [0.15, 0.2) is 22.7 Å². The molecule has 0 radical (unpaired) electrons. The summed E-state index contributed by atoms with van der Waals surface area (Å²) in [4.78, 5) is 0. The van der Waals surface area contributed by atoms with E-state index in [-0.39, 0.29) is 11.9 Å². The Bertz CT molecular complexity index is 358. The van der Waals surface area contributed by atoms with Crippen LogP contribution in [-0.4, -0.2) is 13.2 Å². The van der Waals surface area contributed by atoms with E-state index in [4.69, 9.17) is 10.5 Å². The van der Waals surface area contributed by atoms with Crippen molar-refractivity contribution in [2.75, 3.05) is 13.2 Å². The number of hydrogen-bond donors (Lipinski definition) is 1. The third kappa shape index (κ3) is 2.22. The molecule has 0 amide bonds. The van der Waals surface area contributed by atoms with Crippen LogP contribution in [0.5, 0.6) is 0 Å². The summed E-state index contributed by atoms with van der Waals surface area (Å²) in [7, 11) is 0. The lowest BCUT2D eigenvalue weighted by atomic mass is 9.95. The highest BCUT2D eigenvalue weighted by atomic mass is 79.9. The summed E-state index contributed by atoms with van der Waals surface area (Å²) in [6, 6.07) is 4.66. The maximum Gasteiger partial charge on any atom is 0.123 e. The molecule has 1 saturated heterocycles. The third-order valence-electron chi connectivity index (χ3n) is 2.78. The molecule has 2 atom stereocenters. The Labute approximate surface area is 96.7 Å². The Morgan fingerprint density at radius 1 is 1.53 bits per heavy atom. The molecular weight excluding hydrogens is 261 g/mol. The fourth-order valence-corrected chi connectivity index (χ4v) is 2.42. The molecule has 1 aromatic carbocycles. The zero-order valence-corrected chi connectivity index (χ0v) is 9.84. The minimum Gasteiger partial charge on any atom is -0.373 e. The van der Waals surface area contributed by atoms with E-state index in [1.165, 1.54) is 12.1 Å². The molecule has 2 nitrogen and oxygen atoms in total. The van der Waals surface area contributed by atoms with Crippen LogP contribution in [0.3, 0.4) is 0 Å². The molecule has 4 heteroatoms. The fraction of sp³-hybridized carbons (Fsp3) is 0.455. The second-order valence-corrected chi connectivity index (χ2v) is 4.60. The first-order valence-corrected chi connectivity index (χ1v) is 5.78. The molecule has 15 heavy (non-hydrogen) atoms. The monoisotopic (exact) mass is 273 g/mol. The van der Waals surface area contributed by atoms with Crippen LogP contribution in [0.25, 0.3) is 0 Å². The predicted molar refractivity (Wildman–Crippen MR) is 60.0 cm³/mol. The molecule has 1 aliphatic heterocycles. The van der Waals surface area contributed by atoms with Crippen molar-refractivity contribution in [1.29, 1.82) is 0 Å². The lowest BCUT2D eigenvalue weighted by molar-refractivity contribution is 0.0916. The van der Waals surface area contributed by atoms with Gasteiger partial charge in [-0.05, 0) is 36.7 Å². The van der Waals surface area contributed by atoms with Crippen molar-refractivity contribution >= 4 is 15.9 Å². The van der Waals surface area contributed by atoms with Crippen molar-refractivity contribution < 1.29 is 9.13 Å². The predicted octanol–water partition coefficient (Wildman–Crippen LogP) is 2.62. The van der Waals surface area contributed by atoms with Gasteiger partial charge in [-0.25, -0.2) is 4.39 Å². The van der Waals surface area contributed by atoms with Crippen LogP contribution in [0.4, 0.5) is 4.39 Å². The second kappa shape index (κ2) is 4.60. The van der Waals surface area contributed by atoms with Crippen LogP contribution >= 0.6 is 15.9 Å². The maximum atomic E-state index is 13.1. The Kier molecular flexibility index (Phi) is 3.38. The van der Waals surface area contributed by atoms with Crippen molar-refractivity contribution in [2.24, 2.45) is 11.7 Å². The molecule has 82 valence electrons. The SMILES string of the molecule is NCC1CCOC1c1cc(F)ccc1Br. The van der Waals surface area contributed by atoms with Crippen LogP contribution in [0, 0.1) is 11.7 Å². The highest BCUT2D eigenvalue weighted by molar-refractivity contribution is 9.10. The van der Waals surface area contributed by atoms with Gasteiger partial charge in [0.15, 0.2) is 0 Å². The molecule has 0 spiro atoms. The molecule has 2 unspecified atom stereocenters. The zero-order valence-electron chi connectivity index (χ0n) is 8.25. The molecule has 0 aromatic heterocycles. The van der Waals surface area contributed by atoms with E-state index in [0.717, 1.165) is 16.5 Å². The number of rotatable bonds is 2. The van der Waals surface area contributed by atoms with Gasteiger partial charge in [0.2, 0.25) is 0 Å². The lowest BCUT2D eigenvalue weighted by Gasteiger charge is -2.18. The van der Waals surface area contributed by atoms with E-state index in [1.807, 2.05) is 0 Å². The number of hydrogen-bond acceptors (Lipinski definition) is 2. The normalized spacial score (nSPS) is 25.8. The van der Waals surface area contributed by atoms with Crippen molar-refractivity contribution in [3.05, 3.63) is 34.1 Å². The van der Waals surface area contributed by atoms with Gasteiger partial charge in [-0.15, -0.1) is 0 Å². The molecule has 1 fully saturated rings. The molecule has 1 aliphatic rings. The van der Waals surface area contributed by atoms with E-state index < -0.39 is 0 Å². The first-order chi connectivity index (χ1) is 7.22. The standard InChI is InChI=1S/C11H13BrFNO/c12-10-2-1-8(13)5-9(10)11-7(6-14)3-4-15-11/h1-2,5,7,11H,3-4,6,14H2. The topological polar surface area (TPSA) is 35.2 Å². The van der Waals surface area contributed by atoms with Crippen LogP contribution in [-0.2, 0) is 4.74 Å². The smallest absolute Gasteiger partial charge is 0.123 e. The molecule has 0 saturated carbocycles. The van der Waals surface area contributed by atoms with Gasteiger partial charge in [-0.1, -0.05) is 15.9 Å². The Morgan fingerprint density at radius 3 is 3.07 bits per heavy atom. The van der Waals surface area contributed by atoms with Crippen LogP contribution in [0.1, 0.15) is 18.1 Å². The first-order valence-electron chi connectivity index (χ1n) is 4.99. The van der Waals surface area contributed by atoms with Gasteiger partial charge in [-0.2, -0.15) is 0 Å². The number of halogens is 2. The average Bonchev–Trinajstić information content (AvgIpc) is 2.69. The summed E-state index contributed by atoms with van der Waals surface area (Å²) in [5.74, 6) is 0.0579. The molecule has 0 aliphatic carbocycles. The molecule has 1 aromatic rings. The summed E-state index contributed by atoms with van der Waals surface area (Å²) in [6.07, 6.45) is 0.879. The van der Waals surface area contributed by atoms with E-state index in [0.29, 0.717) is 19.1 Å². The van der Waals surface area contributed by atoms with Gasteiger partial charge in [0.25, 0.3) is 0 Å². The van der Waals surface area contributed by atoms with Gasteiger partial charge >= 0.3 is 0 Å². The quantitative estimate of drug-likeness (QED) is 0.899. The maximum absolute atomic E-state index is 13.1. The van der Waals surface area contributed by atoms with Gasteiger partial charge in [-0.3, -0.25) is 0 Å². The van der Waals surface area contributed by atoms with Crippen molar-refractivity contribution in [1.82, 2.24) is 0 Å². The van der Waals surface area contributed by atoms with Gasteiger partial charge in [0.1, 0.15) is 5.82 Å². The minimum absolute atomic E-state index is 0.0694. The molecule has 2 N–H and O–H groups in total. The van der Waals surface area contributed by atoms with Crippen LogP contribution < -0.4 is 5.73 Å². The third-order valence-corrected chi connectivity index (χ3v) is 3.50. The summed E-state index contributed by atoms with van der Waals surface area (Å²) >= 11 is 3.41. The van der Waals surface area contributed by atoms with E-state index >= 15 is 0 Å². The van der Waals surface area contributed by atoms with Crippen molar-refractivity contribution in [2.45, 2.75) is 12.5 Å². The zero-order chi connectivity index (χ0) is 10.8. The Morgan fingerprint density at radius 2 is 2.33 bits per heavy atom. The van der Waals surface area contributed by atoms with E-state index in [1.54, 1.807) is 6.07 Å². The molecule has 0 bridgehead atoms. The van der Waals surface area contributed by atoms with Crippen LogP contribution in [0.2, 0.25) is 0 Å². The first kappa shape index (κ1) is 11.0. The second-order valence-electron chi connectivity index (χ2n) is 3.74. The van der Waals surface area contributed by atoms with E-state index in [9.17, 15) is 4.39 Å². The molecular formula is C11H13BrFNO. The van der Waals surface area contributed by atoms with Crippen molar-refractivity contribution in [3.63, 3.8) is 0 Å². The van der Waals surface area contributed by atoms with Gasteiger partial charge < -0.3 is 10.5 Å². The lowest BCUT2D eigenvalue weighted by Crippen LogP contribution is -2.18. The van der Waals surface area contributed by atoms with Gasteiger partial charge in [0, 0.05) is 17.0 Å². The number of nitrogens with two attached hydrogens (primary N) is 1. The average molecular weight is 274 g/mol. The summed E-state index contributed by atoms with van der Waals surface area (Å²) in [6.45, 7) is 1.28. The summed E-state index contributed by atoms with van der Waals surface area (Å²) in [5, 5.41) is 0. The highest BCUT2D eigenvalue weighted by Gasteiger charge is 2.30. The molecule has 1 heterocycles. The van der Waals surface area contributed by atoms with Gasteiger partial charge in [0.05, 0.1) is 6.10 Å². The minimum atomic E-state index is -0.237. The van der Waals surface area contributed by atoms with E-state index in [2.05, 4.69) is 15.9 Å². The number of ether oxygens (including phenoxy) is 1. The summed E-state index contributed by atoms with van der Waals surface area (Å²) < 4.78 is 19.6. The Balaban J connectivity index is 2.31. The highest BCUT2D eigenvalue weighted by Crippen LogP contribution is 2.37. The summed E-state index contributed by atoms with van der Waals surface area (Å²) in [5.41, 5.74) is 6.52. The fourth-order valence-electron chi connectivity index (χ4n) is 1.95. The Hall–Kier alpha value is -0.450. The molecule has 2 rings (SSSR count). The largest absolute Gasteiger partial charge is 0.373 e. The van der Waals surface area contributed by atoms with Crippen molar-refractivity contribution in [3.8, 4) is 0 Å². The number of benzene rings is 1.